The summed E-state index contributed by atoms with van der Waals surface area (Å²) in [5, 5.41) is 11.3. The summed E-state index contributed by atoms with van der Waals surface area (Å²) in [6.07, 6.45) is 2.36. The molecular formula is C21H26N2O5. The van der Waals surface area contributed by atoms with Crippen LogP contribution in [-0.4, -0.2) is 53.7 Å². The van der Waals surface area contributed by atoms with E-state index in [0.717, 1.165) is 12.0 Å². The fourth-order valence-electron chi connectivity index (χ4n) is 2.92. The van der Waals surface area contributed by atoms with E-state index in [1.54, 1.807) is 4.90 Å². The lowest BCUT2D eigenvalue weighted by molar-refractivity contribution is -0.137. The number of carboxylic acid groups (broad SMARTS) is 1. The van der Waals surface area contributed by atoms with Gasteiger partial charge in [-0.15, -0.1) is 5.92 Å². The van der Waals surface area contributed by atoms with Gasteiger partial charge in [-0.1, -0.05) is 36.3 Å². The highest BCUT2D eigenvalue weighted by molar-refractivity contribution is 5.79. The number of nitrogens with one attached hydrogen (secondary N) is 1. The van der Waals surface area contributed by atoms with E-state index in [0.29, 0.717) is 32.2 Å². The molecule has 2 amide bonds. The van der Waals surface area contributed by atoms with Gasteiger partial charge in [0, 0.05) is 25.8 Å². The van der Waals surface area contributed by atoms with Crippen LogP contribution < -0.4 is 5.32 Å². The van der Waals surface area contributed by atoms with Crippen LogP contribution in [0.2, 0.25) is 0 Å². The van der Waals surface area contributed by atoms with E-state index in [4.69, 9.17) is 9.84 Å². The number of benzene rings is 1. The second kappa shape index (κ2) is 11.7. The third-order valence-corrected chi connectivity index (χ3v) is 4.45. The molecule has 1 aliphatic heterocycles. The average Bonchev–Trinajstić information content (AvgIpc) is 3.03. The molecule has 1 aromatic rings. The quantitative estimate of drug-likeness (QED) is 0.501. The van der Waals surface area contributed by atoms with Gasteiger partial charge in [0.1, 0.15) is 6.61 Å². The van der Waals surface area contributed by atoms with Crippen LogP contribution in [0.25, 0.3) is 0 Å². The van der Waals surface area contributed by atoms with Crippen molar-refractivity contribution in [2.24, 2.45) is 0 Å². The van der Waals surface area contributed by atoms with Crippen LogP contribution >= 0.6 is 0 Å². The van der Waals surface area contributed by atoms with Crippen LogP contribution in [0.15, 0.2) is 30.3 Å². The Bertz CT molecular complexity index is 723. The number of likely N-dealkylation sites (tertiary alicyclic amines) is 1. The lowest BCUT2D eigenvalue weighted by atomic mass is 10.1. The number of unbranched alkanes of at least 4 members (excludes halogenated alkanes) is 1. The Labute approximate surface area is 165 Å². The van der Waals surface area contributed by atoms with Crippen LogP contribution in [-0.2, 0) is 20.7 Å². The van der Waals surface area contributed by atoms with E-state index in [9.17, 15) is 14.4 Å². The normalized spacial score (nSPS) is 15.6. The Balaban J connectivity index is 1.67. The van der Waals surface area contributed by atoms with Crippen molar-refractivity contribution in [3.8, 4) is 11.8 Å². The molecule has 0 bridgehead atoms. The van der Waals surface area contributed by atoms with Crippen molar-refractivity contribution in [3.63, 3.8) is 0 Å². The molecule has 0 spiro atoms. The van der Waals surface area contributed by atoms with Crippen molar-refractivity contribution < 1.29 is 24.2 Å². The molecule has 1 saturated heterocycles. The van der Waals surface area contributed by atoms with Gasteiger partial charge in [-0.2, -0.15) is 0 Å². The molecule has 28 heavy (non-hydrogen) atoms. The molecule has 0 saturated carbocycles. The summed E-state index contributed by atoms with van der Waals surface area (Å²) in [5.74, 6) is 4.96. The van der Waals surface area contributed by atoms with Crippen molar-refractivity contribution in [2.75, 3.05) is 19.7 Å². The number of ether oxygens (including phenoxy) is 1. The van der Waals surface area contributed by atoms with Crippen molar-refractivity contribution in [2.45, 2.75) is 44.6 Å². The van der Waals surface area contributed by atoms with E-state index in [1.807, 2.05) is 30.3 Å². The van der Waals surface area contributed by atoms with Crippen LogP contribution in [0.4, 0.5) is 4.79 Å². The summed E-state index contributed by atoms with van der Waals surface area (Å²) in [6.45, 7) is 0.900. The maximum atomic E-state index is 12.0. The third kappa shape index (κ3) is 7.70. The number of hydrogen-bond acceptors (Lipinski definition) is 4. The number of rotatable bonds is 9. The van der Waals surface area contributed by atoms with Gasteiger partial charge in [-0.3, -0.25) is 9.59 Å². The number of carboxylic acids is 1. The first-order valence-corrected chi connectivity index (χ1v) is 9.48. The van der Waals surface area contributed by atoms with E-state index < -0.39 is 12.1 Å². The molecule has 1 heterocycles. The van der Waals surface area contributed by atoms with Gasteiger partial charge in [-0.25, -0.2) is 4.79 Å². The first kappa shape index (κ1) is 21.3. The zero-order chi connectivity index (χ0) is 20.2. The topological polar surface area (TPSA) is 95.9 Å². The van der Waals surface area contributed by atoms with Crippen molar-refractivity contribution in [1.82, 2.24) is 10.2 Å². The minimum atomic E-state index is -0.837. The number of hydrogen-bond donors (Lipinski definition) is 2. The first-order chi connectivity index (χ1) is 13.6. The number of carbonyl (C=O) groups is 3. The third-order valence-electron chi connectivity index (χ3n) is 4.45. The summed E-state index contributed by atoms with van der Waals surface area (Å²) in [4.78, 5) is 35.9. The van der Waals surface area contributed by atoms with Crippen LogP contribution in [0.1, 0.15) is 37.7 Å². The summed E-state index contributed by atoms with van der Waals surface area (Å²) in [7, 11) is 0. The molecule has 0 aliphatic carbocycles. The number of alkyl carbamates (subject to hydrolysis) is 1. The molecule has 150 valence electrons. The van der Waals surface area contributed by atoms with Crippen LogP contribution in [0.3, 0.4) is 0 Å². The first-order valence-electron chi connectivity index (χ1n) is 9.48. The molecule has 1 fully saturated rings. The smallest absolute Gasteiger partial charge is 0.407 e. The summed E-state index contributed by atoms with van der Waals surface area (Å²) in [5.41, 5.74) is 1.14. The fourth-order valence-corrected chi connectivity index (χ4v) is 2.92. The average molecular weight is 386 g/mol. The van der Waals surface area contributed by atoms with Crippen molar-refractivity contribution >= 4 is 18.0 Å². The molecule has 0 radical (unpaired) electrons. The highest BCUT2D eigenvalue weighted by Crippen LogP contribution is 2.18. The lowest BCUT2D eigenvalue weighted by Crippen LogP contribution is -2.38. The molecule has 2 N–H and O–H groups in total. The minimum Gasteiger partial charge on any atom is -0.481 e. The van der Waals surface area contributed by atoms with E-state index in [2.05, 4.69) is 17.2 Å². The van der Waals surface area contributed by atoms with Crippen molar-refractivity contribution in [1.29, 1.82) is 0 Å². The molecule has 2 rings (SSSR count). The fraction of sp³-hybridized carbons (Fsp3) is 0.476. The molecule has 1 aromatic carbocycles. The second-order valence-corrected chi connectivity index (χ2v) is 6.58. The number of nitrogens with zero attached hydrogens (tertiary/aromatic N) is 1. The standard InChI is InChI=1S/C21H26N2O5/c24-19-12-11-18(23(19)15-7-2-1-6-10-20(25)26)16-28-21(27)22-14-13-17-8-4-3-5-9-17/h3-5,8-9,18H,1,6,10-16H2,(H,22,27)(H,25,26). The van der Waals surface area contributed by atoms with Gasteiger partial charge >= 0.3 is 12.1 Å². The van der Waals surface area contributed by atoms with Gasteiger partial charge in [0.25, 0.3) is 0 Å². The van der Waals surface area contributed by atoms with Gasteiger partial charge in [0.2, 0.25) is 5.91 Å². The van der Waals surface area contributed by atoms with Crippen LogP contribution in [0.5, 0.6) is 0 Å². The van der Waals surface area contributed by atoms with Crippen molar-refractivity contribution in [3.05, 3.63) is 35.9 Å². The lowest BCUT2D eigenvalue weighted by Gasteiger charge is -2.22. The van der Waals surface area contributed by atoms with Crippen LogP contribution in [0, 0.1) is 11.8 Å². The minimum absolute atomic E-state index is 0.00192. The maximum absolute atomic E-state index is 12.0. The van der Waals surface area contributed by atoms with Gasteiger partial charge in [0.05, 0.1) is 12.6 Å². The molecule has 1 aliphatic rings. The Kier molecular flexibility index (Phi) is 8.86. The predicted molar refractivity (Wildman–Crippen MR) is 103 cm³/mol. The number of amides is 2. The molecule has 1 unspecified atom stereocenters. The van der Waals surface area contributed by atoms with E-state index in [1.165, 1.54) is 0 Å². The Morgan fingerprint density at radius 3 is 2.79 bits per heavy atom. The van der Waals surface area contributed by atoms with Gasteiger partial charge in [0.15, 0.2) is 0 Å². The van der Waals surface area contributed by atoms with Gasteiger partial charge in [-0.05, 0) is 24.8 Å². The zero-order valence-corrected chi connectivity index (χ0v) is 15.9. The highest BCUT2D eigenvalue weighted by atomic mass is 16.5. The number of aliphatic carboxylic acids is 1. The highest BCUT2D eigenvalue weighted by Gasteiger charge is 2.31. The second-order valence-electron chi connectivity index (χ2n) is 6.58. The predicted octanol–water partition coefficient (Wildman–Crippen LogP) is 2.20. The Hall–Kier alpha value is -3.01. The molecule has 7 nitrogen and oxygen atoms in total. The number of carbonyl (C=O) groups excluding carboxylic acids is 2. The monoisotopic (exact) mass is 386 g/mol. The molecule has 7 heteroatoms. The van der Waals surface area contributed by atoms with Gasteiger partial charge < -0.3 is 20.1 Å². The Morgan fingerprint density at radius 2 is 2.04 bits per heavy atom. The summed E-state index contributed by atoms with van der Waals surface area (Å²) < 4.78 is 5.26. The molecule has 1 atom stereocenters. The SMILES string of the molecule is O=C(O)CCCC#CCN1C(=O)CCC1COC(=O)NCCc1ccccc1. The zero-order valence-electron chi connectivity index (χ0n) is 15.9. The van der Waals surface area contributed by atoms with E-state index >= 15 is 0 Å². The molecular weight excluding hydrogens is 360 g/mol. The Morgan fingerprint density at radius 1 is 1.25 bits per heavy atom. The van der Waals surface area contributed by atoms with E-state index in [-0.39, 0.29) is 31.5 Å². The molecule has 0 aromatic heterocycles. The summed E-state index contributed by atoms with van der Waals surface area (Å²) in [6, 6.07) is 9.68. The maximum Gasteiger partial charge on any atom is 0.407 e. The summed E-state index contributed by atoms with van der Waals surface area (Å²) >= 11 is 0. The largest absolute Gasteiger partial charge is 0.481 e.